The molecule has 0 aromatic heterocycles. The second-order valence-electron chi connectivity index (χ2n) is 3.43. The fourth-order valence-corrected chi connectivity index (χ4v) is 1.79. The van der Waals surface area contributed by atoms with Crippen LogP contribution in [0.1, 0.15) is 23.7 Å². The van der Waals surface area contributed by atoms with Crippen molar-refractivity contribution in [3.8, 4) is 0 Å². The Kier molecular flexibility index (Phi) is 4.84. The number of hydrogen-bond acceptors (Lipinski definition) is 2. The number of nitrogens with two attached hydrogens (primary N) is 1. The fraction of sp³-hybridized carbons (Fsp3) is 0.273. The zero-order chi connectivity index (χ0) is 13.0. The minimum atomic E-state index is -0.673. The topological polar surface area (TPSA) is 55.1 Å². The molecule has 0 heterocycles. The fourth-order valence-electron chi connectivity index (χ4n) is 1.32. The van der Waals surface area contributed by atoms with Gasteiger partial charge in [-0.05, 0) is 18.6 Å². The largest absolute Gasteiger partial charge is 0.392 e. The van der Waals surface area contributed by atoms with E-state index in [-0.39, 0.29) is 15.6 Å². The summed E-state index contributed by atoms with van der Waals surface area (Å²) < 4.78 is 13.4. The van der Waals surface area contributed by atoms with E-state index in [4.69, 9.17) is 29.6 Å². The van der Waals surface area contributed by atoms with Crippen LogP contribution in [0.15, 0.2) is 18.2 Å². The molecule has 1 unspecified atom stereocenters. The molecule has 1 atom stereocenters. The molecule has 1 aromatic carbocycles. The molecule has 17 heavy (non-hydrogen) atoms. The molecule has 1 aromatic rings. The Labute approximate surface area is 109 Å². The van der Waals surface area contributed by atoms with Gasteiger partial charge >= 0.3 is 0 Å². The molecule has 0 aliphatic carbocycles. The SMILES string of the molecule is CCC(NC(=O)c1c(F)cccc1Cl)C(N)=S. The number of benzene rings is 1. The van der Waals surface area contributed by atoms with Crippen LogP contribution in [0.2, 0.25) is 5.02 Å². The highest BCUT2D eigenvalue weighted by Gasteiger charge is 2.19. The van der Waals surface area contributed by atoms with Crippen molar-refractivity contribution in [2.45, 2.75) is 19.4 Å². The molecule has 0 saturated heterocycles. The minimum Gasteiger partial charge on any atom is -0.392 e. The van der Waals surface area contributed by atoms with Gasteiger partial charge in [0.2, 0.25) is 0 Å². The van der Waals surface area contributed by atoms with Crippen LogP contribution in [0.25, 0.3) is 0 Å². The van der Waals surface area contributed by atoms with Crippen LogP contribution >= 0.6 is 23.8 Å². The van der Waals surface area contributed by atoms with E-state index < -0.39 is 17.8 Å². The molecule has 0 bridgehead atoms. The average Bonchev–Trinajstić information content (AvgIpc) is 2.25. The van der Waals surface area contributed by atoms with Crippen molar-refractivity contribution in [1.29, 1.82) is 0 Å². The van der Waals surface area contributed by atoms with Crippen LogP contribution in [0, 0.1) is 5.82 Å². The van der Waals surface area contributed by atoms with Gasteiger partial charge in [0.25, 0.3) is 5.91 Å². The van der Waals surface area contributed by atoms with Crippen molar-refractivity contribution < 1.29 is 9.18 Å². The number of thiocarbonyl (C=S) groups is 1. The van der Waals surface area contributed by atoms with Crippen molar-refractivity contribution in [3.63, 3.8) is 0 Å². The Morgan fingerprint density at radius 1 is 1.65 bits per heavy atom. The molecule has 0 spiro atoms. The lowest BCUT2D eigenvalue weighted by Crippen LogP contribution is -2.43. The summed E-state index contributed by atoms with van der Waals surface area (Å²) in [5.41, 5.74) is 5.25. The van der Waals surface area contributed by atoms with Gasteiger partial charge in [0.05, 0.1) is 21.6 Å². The molecule has 0 aliphatic heterocycles. The van der Waals surface area contributed by atoms with E-state index in [1.807, 2.05) is 6.92 Å². The maximum Gasteiger partial charge on any atom is 0.256 e. The predicted molar refractivity (Wildman–Crippen MR) is 69.7 cm³/mol. The average molecular weight is 275 g/mol. The van der Waals surface area contributed by atoms with Gasteiger partial charge in [-0.15, -0.1) is 0 Å². The van der Waals surface area contributed by atoms with Crippen LogP contribution < -0.4 is 11.1 Å². The zero-order valence-corrected chi connectivity index (χ0v) is 10.7. The van der Waals surface area contributed by atoms with Crippen molar-refractivity contribution in [2.75, 3.05) is 0 Å². The molecule has 0 radical (unpaired) electrons. The number of halogens is 2. The quantitative estimate of drug-likeness (QED) is 0.828. The number of rotatable bonds is 4. The Morgan fingerprint density at radius 3 is 2.76 bits per heavy atom. The Bertz CT molecular complexity index is 433. The van der Waals surface area contributed by atoms with E-state index in [2.05, 4.69) is 5.32 Å². The lowest BCUT2D eigenvalue weighted by Gasteiger charge is -2.16. The molecule has 0 fully saturated rings. The maximum absolute atomic E-state index is 13.4. The molecule has 6 heteroatoms. The summed E-state index contributed by atoms with van der Waals surface area (Å²) >= 11 is 10.6. The number of carbonyl (C=O) groups is 1. The smallest absolute Gasteiger partial charge is 0.256 e. The van der Waals surface area contributed by atoms with Gasteiger partial charge < -0.3 is 11.1 Å². The van der Waals surface area contributed by atoms with E-state index in [1.54, 1.807) is 0 Å². The van der Waals surface area contributed by atoms with Crippen molar-refractivity contribution in [2.24, 2.45) is 5.73 Å². The first-order chi connectivity index (χ1) is 7.97. The first-order valence-electron chi connectivity index (χ1n) is 5.01. The first-order valence-corrected chi connectivity index (χ1v) is 5.80. The van der Waals surface area contributed by atoms with E-state index in [9.17, 15) is 9.18 Å². The number of nitrogens with one attached hydrogen (secondary N) is 1. The summed E-state index contributed by atoms with van der Waals surface area (Å²) in [6.07, 6.45) is 0.535. The number of hydrogen-bond donors (Lipinski definition) is 2. The van der Waals surface area contributed by atoms with E-state index in [0.717, 1.165) is 0 Å². The molecule has 1 amide bonds. The zero-order valence-electron chi connectivity index (χ0n) is 9.17. The van der Waals surface area contributed by atoms with Gasteiger partial charge in [0.1, 0.15) is 5.82 Å². The van der Waals surface area contributed by atoms with Crippen LogP contribution in [0.4, 0.5) is 4.39 Å². The monoisotopic (exact) mass is 274 g/mol. The number of amides is 1. The van der Waals surface area contributed by atoms with Gasteiger partial charge in [-0.25, -0.2) is 4.39 Å². The van der Waals surface area contributed by atoms with Crippen molar-refractivity contribution >= 4 is 34.7 Å². The summed E-state index contributed by atoms with van der Waals surface area (Å²) in [5.74, 6) is -1.29. The Morgan fingerprint density at radius 2 is 2.29 bits per heavy atom. The summed E-state index contributed by atoms with van der Waals surface area (Å²) in [6.45, 7) is 1.81. The van der Waals surface area contributed by atoms with Gasteiger partial charge in [-0.3, -0.25) is 4.79 Å². The maximum atomic E-state index is 13.4. The Hall–Kier alpha value is -1.20. The highest BCUT2D eigenvalue weighted by molar-refractivity contribution is 7.80. The van der Waals surface area contributed by atoms with Crippen molar-refractivity contribution in [1.82, 2.24) is 5.32 Å². The van der Waals surface area contributed by atoms with Gasteiger partial charge in [0, 0.05) is 0 Å². The molecule has 1 rings (SSSR count). The van der Waals surface area contributed by atoms with Gasteiger partial charge in [-0.2, -0.15) is 0 Å². The summed E-state index contributed by atoms with van der Waals surface area (Å²) in [6, 6.07) is 3.58. The third-order valence-electron chi connectivity index (χ3n) is 2.25. The summed E-state index contributed by atoms with van der Waals surface area (Å²) in [4.78, 5) is 12.0. The first kappa shape index (κ1) is 13.9. The lowest BCUT2D eigenvalue weighted by atomic mass is 10.1. The van der Waals surface area contributed by atoms with Crippen molar-refractivity contribution in [3.05, 3.63) is 34.6 Å². The molecule has 3 nitrogen and oxygen atoms in total. The molecule has 92 valence electrons. The lowest BCUT2D eigenvalue weighted by molar-refractivity contribution is 0.0942. The third kappa shape index (κ3) is 3.38. The van der Waals surface area contributed by atoms with E-state index >= 15 is 0 Å². The second-order valence-corrected chi connectivity index (χ2v) is 4.31. The predicted octanol–water partition coefficient (Wildman–Crippen LogP) is 2.27. The van der Waals surface area contributed by atoms with Crippen LogP contribution in [0.3, 0.4) is 0 Å². The second kappa shape index (κ2) is 5.93. The molecular weight excluding hydrogens is 263 g/mol. The van der Waals surface area contributed by atoms with Gasteiger partial charge in [-0.1, -0.05) is 36.8 Å². The van der Waals surface area contributed by atoms with Crippen LogP contribution in [-0.4, -0.2) is 16.9 Å². The van der Waals surface area contributed by atoms with Crippen LogP contribution in [0.5, 0.6) is 0 Å². The third-order valence-corrected chi connectivity index (χ3v) is 2.85. The normalized spacial score (nSPS) is 11.9. The summed E-state index contributed by atoms with van der Waals surface area (Å²) in [5, 5.41) is 2.59. The van der Waals surface area contributed by atoms with E-state index in [0.29, 0.717) is 6.42 Å². The summed E-state index contributed by atoms with van der Waals surface area (Å²) in [7, 11) is 0. The molecule has 0 saturated carbocycles. The van der Waals surface area contributed by atoms with Gasteiger partial charge in [0.15, 0.2) is 0 Å². The Balaban J connectivity index is 2.94. The number of carbonyl (C=O) groups excluding carboxylic acids is 1. The minimum absolute atomic E-state index is 0.0558. The molecule has 3 N–H and O–H groups in total. The standard InChI is InChI=1S/C11H12ClFN2OS/c1-2-8(10(14)17)15-11(16)9-6(12)4-3-5-7(9)13/h3-5,8H,2H2,1H3,(H2,14,17)(H,15,16). The van der Waals surface area contributed by atoms with E-state index in [1.165, 1.54) is 18.2 Å². The van der Waals surface area contributed by atoms with Crippen LogP contribution in [-0.2, 0) is 0 Å². The molecular formula is C11H12ClFN2OS. The highest BCUT2D eigenvalue weighted by atomic mass is 35.5. The highest BCUT2D eigenvalue weighted by Crippen LogP contribution is 2.18. The molecule has 0 aliphatic rings.